The maximum absolute atomic E-state index is 13.2. The van der Waals surface area contributed by atoms with Crippen molar-refractivity contribution in [3.8, 4) is 0 Å². The molecule has 0 bridgehead atoms. The minimum Gasteiger partial charge on any atom is -0.467 e. The van der Waals surface area contributed by atoms with Gasteiger partial charge in [-0.05, 0) is 50.6 Å². The zero-order chi connectivity index (χ0) is 19.1. The van der Waals surface area contributed by atoms with Gasteiger partial charge >= 0.3 is 5.97 Å². The van der Waals surface area contributed by atoms with E-state index in [1.165, 1.54) is 0 Å². The molecule has 0 aliphatic carbocycles. The van der Waals surface area contributed by atoms with Crippen LogP contribution in [0.1, 0.15) is 31.9 Å². The molecule has 6 heteroatoms. The van der Waals surface area contributed by atoms with E-state index in [9.17, 15) is 9.59 Å². The molecule has 0 N–H and O–H groups in total. The highest BCUT2D eigenvalue weighted by molar-refractivity contribution is 5.95. The van der Waals surface area contributed by atoms with Crippen molar-refractivity contribution in [2.75, 3.05) is 24.6 Å². The average Bonchev–Trinajstić information content (AvgIpc) is 3.20. The Morgan fingerprint density at radius 3 is 2.70 bits per heavy atom. The molecule has 1 aromatic carbocycles. The molecule has 1 unspecified atom stereocenters. The number of furan rings is 1. The molecule has 27 heavy (non-hydrogen) atoms. The zero-order valence-corrected chi connectivity index (χ0v) is 15.7. The first-order valence-electron chi connectivity index (χ1n) is 9.47. The Hall–Kier alpha value is -2.60. The van der Waals surface area contributed by atoms with Crippen molar-refractivity contribution in [1.82, 2.24) is 4.90 Å². The topological polar surface area (TPSA) is 63.0 Å². The molecule has 144 valence electrons. The van der Waals surface area contributed by atoms with Crippen molar-refractivity contribution in [2.45, 2.75) is 38.8 Å². The summed E-state index contributed by atoms with van der Waals surface area (Å²) in [7, 11) is 0. The van der Waals surface area contributed by atoms with Gasteiger partial charge in [-0.25, -0.2) is 0 Å². The van der Waals surface area contributed by atoms with Gasteiger partial charge in [-0.3, -0.25) is 14.5 Å². The molecule has 2 heterocycles. The minimum absolute atomic E-state index is 0.0613. The lowest BCUT2D eigenvalue weighted by Gasteiger charge is -2.34. The molecule has 1 fully saturated rings. The normalized spacial score (nSPS) is 17.4. The molecule has 6 nitrogen and oxygen atoms in total. The number of carbonyl (C=O) groups excluding carboxylic acids is 2. The fraction of sp³-hybridized carbons (Fsp3) is 0.429. The van der Waals surface area contributed by atoms with E-state index in [0.717, 1.165) is 31.5 Å². The number of likely N-dealkylation sites (tertiary alicyclic amines) is 1. The van der Waals surface area contributed by atoms with Crippen molar-refractivity contribution < 1.29 is 18.7 Å². The Morgan fingerprint density at radius 2 is 2.00 bits per heavy atom. The maximum Gasteiger partial charge on any atom is 0.323 e. The maximum atomic E-state index is 13.2. The SMILES string of the molecule is CCOC(=O)C1CCCCN1CC(=O)N(Cc1ccco1)c1ccccc1. The van der Waals surface area contributed by atoms with Gasteiger partial charge in [0.25, 0.3) is 0 Å². The summed E-state index contributed by atoms with van der Waals surface area (Å²) in [5.41, 5.74) is 0.809. The van der Waals surface area contributed by atoms with Crippen LogP contribution in [-0.2, 0) is 20.9 Å². The van der Waals surface area contributed by atoms with E-state index in [-0.39, 0.29) is 24.5 Å². The molecule has 0 radical (unpaired) electrons. The number of esters is 1. The average molecular weight is 370 g/mol. The summed E-state index contributed by atoms with van der Waals surface area (Å²) in [6, 6.07) is 12.8. The monoisotopic (exact) mass is 370 g/mol. The summed E-state index contributed by atoms with van der Waals surface area (Å²) in [6.07, 6.45) is 4.29. The van der Waals surface area contributed by atoms with E-state index in [0.29, 0.717) is 18.9 Å². The van der Waals surface area contributed by atoms with E-state index < -0.39 is 0 Å². The predicted molar refractivity (Wildman–Crippen MR) is 102 cm³/mol. The molecular formula is C21H26N2O4. The van der Waals surface area contributed by atoms with E-state index in [1.54, 1.807) is 18.1 Å². The van der Waals surface area contributed by atoms with Crippen molar-refractivity contribution in [3.63, 3.8) is 0 Å². The van der Waals surface area contributed by atoms with Crippen LogP contribution in [0.5, 0.6) is 0 Å². The number of rotatable bonds is 7. The fourth-order valence-electron chi connectivity index (χ4n) is 3.43. The van der Waals surface area contributed by atoms with Gasteiger partial charge in [0.05, 0.1) is 26.0 Å². The zero-order valence-electron chi connectivity index (χ0n) is 15.7. The Labute approximate surface area is 159 Å². The Morgan fingerprint density at radius 1 is 1.19 bits per heavy atom. The second-order valence-electron chi connectivity index (χ2n) is 6.63. The number of anilines is 1. The third-order valence-electron chi connectivity index (χ3n) is 4.77. The van der Waals surface area contributed by atoms with E-state index in [1.807, 2.05) is 47.4 Å². The van der Waals surface area contributed by atoms with Gasteiger partial charge in [0.15, 0.2) is 0 Å². The number of hydrogen-bond donors (Lipinski definition) is 0. The summed E-state index contributed by atoms with van der Waals surface area (Å²) in [5, 5.41) is 0. The molecule has 0 spiro atoms. The number of ether oxygens (including phenoxy) is 1. The van der Waals surface area contributed by atoms with Crippen molar-refractivity contribution in [1.29, 1.82) is 0 Å². The molecule has 1 aromatic heterocycles. The largest absolute Gasteiger partial charge is 0.467 e. The highest BCUT2D eigenvalue weighted by Gasteiger charge is 2.32. The number of para-hydroxylation sites is 1. The molecule has 2 aromatic rings. The van der Waals surface area contributed by atoms with Crippen LogP contribution in [0.4, 0.5) is 5.69 Å². The van der Waals surface area contributed by atoms with Crippen molar-refractivity contribution in [2.24, 2.45) is 0 Å². The van der Waals surface area contributed by atoms with Gasteiger partial charge in [-0.1, -0.05) is 24.6 Å². The standard InChI is InChI=1S/C21H26N2O4/c1-2-26-21(25)19-12-6-7-13-22(19)16-20(24)23(15-18-11-8-14-27-18)17-9-4-3-5-10-17/h3-5,8-11,14,19H,2,6-7,12-13,15-16H2,1H3. The number of nitrogens with zero attached hydrogens (tertiary/aromatic N) is 2. The van der Waals surface area contributed by atoms with E-state index in [4.69, 9.17) is 9.15 Å². The van der Waals surface area contributed by atoms with Crippen LogP contribution < -0.4 is 4.90 Å². The second kappa shape index (κ2) is 9.37. The Kier molecular flexibility index (Phi) is 6.65. The first-order chi connectivity index (χ1) is 13.2. The lowest BCUT2D eigenvalue weighted by molar-refractivity contribution is -0.151. The lowest BCUT2D eigenvalue weighted by Crippen LogP contribution is -2.50. The van der Waals surface area contributed by atoms with Crippen LogP contribution in [0.15, 0.2) is 53.1 Å². The minimum atomic E-state index is -0.344. The highest BCUT2D eigenvalue weighted by atomic mass is 16.5. The van der Waals surface area contributed by atoms with Crippen LogP contribution in [-0.4, -0.2) is 42.5 Å². The highest BCUT2D eigenvalue weighted by Crippen LogP contribution is 2.21. The lowest BCUT2D eigenvalue weighted by atomic mass is 10.0. The third-order valence-corrected chi connectivity index (χ3v) is 4.77. The number of hydrogen-bond acceptors (Lipinski definition) is 5. The number of piperidine rings is 1. The number of carbonyl (C=O) groups is 2. The number of benzene rings is 1. The van der Waals surface area contributed by atoms with Crippen LogP contribution >= 0.6 is 0 Å². The second-order valence-corrected chi connectivity index (χ2v) is 6.63. The predicted octanol–water partition coefficient (Wildman–Crippen LogP) is 3.23. The summed E-state index contributed by atoms with van der Waals surface area (Å²) in [6.45, 7) is 3.41. The van der Waals surface area contributed by atoms with Crippen molar-refractivity contribution in [3.05, 3.63) is 54.5 Å². The molecule has 1 aliphatic heterocycles. The quantitative estimate of drug-likeness (QED) is 0.700. The summed E-state index contributed by atoms with van der Waals surface area (Å²) < 4.78 is 10.6. The smallest absolute Gasteiger partial charge is 0.323 e. The summed E-state index contributed by atoms with van der Waals surface area (Å²) in [4.78, 5) is 29.1. The molecule has 1 atom stereocenters. The van der Waals surface area contributed by atoms with Crippen LogP contribution in [0.3, 0.4) is 0 Å². The van der Waals surface area contributed by atoms with Gasteiger partial charge in [0.2, 0.25) is 5.91 Å². The number of amides is 1. The first-order valence-corrected chi connectivity index (χ1v) is 9.47. The molecule has 0 saturated carbocycles. The molecule has 1 saturated heterocycles. The van der Waals surface area contributed by atoms with E-state index in [2.05, 4.69) is 0 Å². The molecular weight excluding hydrogens is 344 g/mol. The van der Waals surface area contributed by atoms with Gasteiger partial charge in [0.1, 0.15) is 11.8 Å². The van der Waals surface area contributed by atoms with Crippen LogP contribution in [0.2, 0.25) is 0 Å². The Balaban J connectivity index is 1.75. The summed E-state index contributed by atoms with van der Waals surface area (Å²) in [5.74, 6) is 0.420. The summed E-state index contributed by atoms with van der Waals surface area (Å²) >= 11 is 0. The van der Waals surface area contributed by atoms with Crippen LogP contribution in [0.25, 0.3) is 0 Å². The van der Waals surface area contributed by atoms with Gasteiger partial charge in [-0.15, -0.1) is 0 Å². The van der Waals surface area contributed by atoms with Gasteiger partial charge < -0.3 is 14.1 Å². The molecule has 3 rings (SSSR count). The molecule has 1 amide bonds. The van der Waals surface area contributed by atoms with Gasteiger partial charge in [-0.2, -0.15) is 0 Å². The fourth-order valence-corrected chi connectivity index (χ4v) is 3.43. The van der Waals surface area contributed by atoms with Crippen LogP contribution in [0, 0.1) is 0 Å². The van der Waals surface area contributed by atoms with E-state index >= 15 is 0 Å². The molecule has 1 aliphatic rings. The third kappa shape index (κ3) is 4.98. The van der Waals surface area contributed by atoms with Crippen molar-refractivity contribution >= 4 is 17.6 Å². The van der Waals surface area contributed by atoms with Gasteiger partial charge in [0, 0.05) is 5.69 Å². The Bertz CT molecular complexity index is 730. The first kappa shape index (κ1) is 19.2.